The Hall–Kier alpha value is -2.14. The maximum absolute atomic E-state index is 9.32. The summed E-state index contributed by atoms with van der Waals surface area (Å²) in [6, 6.07) is 19.1. The van der Waals surface area contributed by atoms with Crippen molar-refractivity contribution in [3.8, 4) is 12.1 Å². The van der Waals surface area contributed by atoms with Gasteiger partial charge in [-0.2, -0.15) is 10.5 Å². The fourth-order valence-corrected chi connectivity index (χ4v) is 4.32. The summed E-state index contributed by atoms with van der Waals surface area (Å²) in [6.07, 6.45) is 2.68. The van der Waals surface area contributed by atoms with Gasteiger partial charge < -0.3 is 0 Å². The van der Waals surface area contributed by atoms with Crippen LogP contribution in [0.3, 0.4) is 0 Å². The molecule has 1 heterocycles. The van der Waals surface area contributed by atoms with Crippen molar-refractivity contribution in [1.29, 1.82) is 10.5 Å². The summed E-state index contributed by atoms with van der Waals surface area (Å²) >= 11 is 3.40. The summed E-state index contributed by atoms with van der Waals surface area (Å²) in [5.74, 6) is 0. The van der Waals surface area contributed by atoms with Crippen LogP contribution in [0.25, 0.3) is 11.1 Å². The van der Waals surface area contributed by atoms with E-state index in [0.717, 1.165) is 32.1 Å². The average Bonchev–Trinajstić information content (AvgIpc) is 2.71. The first-order valence-corrected chi connectivity index (χ1v) is 9.24. The molecule has 0 aliphatic carbocycles. The van der Waals surface area contributed by atoms with E-state index in [4.69, 9.17) is 0 Å². The second kappa shape index (κ2) is 6.96. The van der Waals surface area contributed by atoms with Gasteiger partial charge in [0.1, 0.15) is 0 Å². The van der Waals surface area contributed by atoms with Crippen LogP contribution in [0.15, 0.2) is 57.2 Å². The van der Waals surface area contributed by atoms with E-state index in [1.165, 1.54) is 4.90 Å². The molecule has 0 spiro atoms. The van der Waals surface area contributed by atoms with Crippen molar-refractivity contribution in [3.05, 3.63) is 53.6 Å². The standard InChI is InChI=1S/C19H14N2S2/c1-22-13-6-7-19-17(12-13)15(9-11-21)14(8-10-20)16-4-2-3-5-18(16)23-19/h2-7,12H,8-9H2,1H3. The van der Waals surface area contributed by atoms with Gasteiger partial charge in [0.2, 0.25) is 0 Å². The van der Waals surface area contributed by atoms with Crippen molar-refractivity contribution in [2.24, 2.45) is 0 Å². The fraction of sp³-hybridized carbons (Fsp3) is 0.158. The lowest BCUT2D eigenvalue weighted by Crippen LogP contribution is -1.93. The average molecular weight is 334 g/mol. The van der Waals surface area contributed by atoms with Gasteiger partial charge in [-0.15, -0.1) is 11.8 Å². The zero-order valence-electron chi connectivity index (χ0n) is 12.7. The molecule has 4 heteroatoms. The summed E-state index contributed by atoms with van der Waals surface area (Å²) in [7, 11) is 0. The number of hydrogen-bond acceptors (Lipinski definition) is 4. The third-order valence-electron chi connectivity index (χ3n) is 3.82. The molecule has 1 aliphatic heterocycles. The van der Waals surface area contributed by atoms with Crippen molar-refractivity contribution in [2.45, 2.75) is 27.5 Å². The molecule has 23 heavy (non-hydrogen) atoms. The van der Waals surface area contributed by atoms with Crippen LogP contribution in [-0.2, 0) is 0 Å². The van der Waals surface area contributed by atoms with E-state index in [9.17, 15) is 10.5 Å². The van der Waals surface area contributed by atoms with Crippen LogP contribution in [0.5, 0.6) is 0 Å². The number of benzene rings is 2. The number of nitriles is 2. The van der Waals surface area contributed by atoms with Crippen molar-refractivity contribution in [2.75, 3.05) is 6.26 Å². The van der Waals surface area contributed by atoms with Gasteiger partial charge in [0.05, 0.1) is 25.0 Å². The second-order valence-electron chi connectivity index (χ2n) is 5.09. The number of nitrogens with zero attached hydrogens (tertiary/aromatic N) is 2. The molecule has 3 rings (SSSR count). The minimum absolute atomic E-state index is 0.316. The van der Waals surface area contributed by atoms with Crippen molar-refractivity contribution >= 4 is 34.7 Å². The molecule has 0 unspecified atom stereocenters. The Labute approximate surface area is 144 Å². The van der Waals surface area contributed by atoms with Gasteiger partial charge in [0.25, 0.3) is 0 Å². The van der Waals surface area contributed by atoms with Gasteiger partial charge in [-0.05, 0) is 52.8 Å². The quantitative estimate of drug-likeness (QED) is 0.684. The molecule has 0 saturated heterocycles. The largest absolute Gasteiger partial charge is 0.198 e. The first-order valence-electron chi connectivity index (χ1n) is 7.20. The van der Waals surface area contributed by atoms with Gasteiger partial charge in [-0.1, -0.05) is 30.0 Å². The van der Waals surface area contributed by atoms with Crippen molar-refractivity contribution < 1.29 is 0 Å². The smallest absolute Gasteiger partial charge is 0.0670 e. The maximum Gasteiger partial charge on any atom is 0.0670 e. The zero-order chi connectivity index (χ0) is 16.2. The van der Waals surface area contributed by atoms with Crippen molar-refractivity contribution in [1.82, 2.24) is 0 Å². The minimum atomic E-state index is 0.316. The van der Waals surface area contributed by atoms with Gasteiger partial charge in [0, 0.05) is 14.7 Å². The van der Waals surface area contributed by atoms with Crippen LogP contribution in [0.4, 0.5) is 0 Å². The summed E-state index contributed by atoms with van der Waals surface area (Å²) in [5, 5.41) is 18.6. The lowest BCUT2D eigenvalue weighted by Gasteiger charge is -2.12. The molecule has 0 radical (unpaired) electrons. The second-order valence-corrected chi connectivity index (χ2v) is 7.05. The van der Waals surface area contributed by atoms with E-state index in [2.05, 4.69) is 36.4 Å². The number of thioether (sulfide) groups is 1. The van der Waals surface area contributed by atoms with E-state index in [-0.39, 0.29) is 0 Å². The zero-order valence-corrected chi connectivity index (χ0v) is 14.3. The van der Waals surface area contributed by atoms with E-state index < -0.39 is 0 Å². The number of fused-ring (bicyclic) bond motifs is 2. The van der Waals surface area contributed by atoms with Gasteiger partial charge in [-0.25, -0.2) is 0 Å². The van der Waals surface area contributed by atoms with Gasteiger partial charge >= 0.3 is 0 Å². The van der Waals surface area contributed by atoms with Crippen LogP contribution in [0.2, 0.25) is 0 Å². The number of rotatable bonds is 3. The maximum atomic E-state index is 9.32. The van der Waals surface area contributed by atoms with Crippen LogP contribution >= 0.6 is 23.5 Å². The Balaban J connectivity index is 2.34. The Morgan fingerprint density at radius 2 is 1.57 bits per heavy atom. The molecule has 0 bridgehead atoms. The van der Waals surface area contributed by atoms with Crippen LogP contribution in [-0.4, -0.2) is 6.26 Å². The Morgan fingerprint density at radius 1 is 0.913 bits per heavy atom. The third-order valence-corrected chi connectivity index (χ3v) is 5.70. The Kier molecular flexibility index (Phi) is 4.76. The first kappa shape index (κ1) is 15.7. The Morgan fingerprint density at radius 3 is 2.26 bits per heavy atom. The van der Waals surface area contributed by atoms with Gasteiger partial charge in [0.15, 0.2) is 0 Å². The highest BCUT2D eigenvalue weighted by Gasteiger charge is 2.22. The molecule has 112 valence electrons. The topological polar surface area (TPSA) is 47.6 Å². The number of hydrogen-bond donors (Lipinski definition) is 0. The summed E-state index contributed by atoms with van der Waals surface area (Å²) in [4.78, 5) is 3.46. The predicted molar refractivity (Wildman–Crippen MR) is 96.1 cm³/mol. The molecular formula is C19H14N2S2. The molecule has 0 aromatic heterocycles. The molecule has 0 amide bonds. The van der Waals surface area contributed by atoms with E-state index >= 15 is 0 Å². The molecule has 0 atom stereocenters. The van der Waals surface area contributed by atoms with Crippen molar-refractivity contribution in [3.63, 3.8) is 0 Å². The summed E-state index contributed by atoms with van der Waals surface area (Å²) < 4.78 is 0. The third kappa shape index (κ3) is 3.01. The van der Waals surface area contributed by atoms with Crippen LogP contribution in [0.1, 0.15) is 24.0 Å². The highest BCUT2D eigenvalue weighted by Crippen LogP contribution is 2.46. The molecule has 2 aromatic carbocycles. The molecule has 2 nitrogen and oxygen atoms in total. The first-order chi connectivity index (χ1) is 11.3. The Bertz CT molecular complexity index is 870. The molecule has 0 saturated carbocycles. The molecular weight excluding hydrogens is 320 g/mol. The molecule has 0 fully saturated rings. The van der Waals surface area contributed by atoms with E-state index in [1.54, 1.807) is 23.5 Å². The lowest BCUT2D eigenvalue weighted by molar-refractivity contribution is 1.25. The summed E-state index contributed by atoms with van der Waals surface area (Å²) in [5.41, 5.74) is 4.13. The lowest BCUT2D eigenvalue weighted by atomic mass is 9.91. The molecule has 2 aromatic rings. The summed E-state index contributed by atoms with van der Waals surface area (Å²) in [6.45, 7) is 0. The highest BCUT2D eigenvalue weighted by molar-refractivity contribution is 7.99. The minimum Gasteiger partial charge on any atom is -0.198 e. The molecule has 0 N–H and O–H groups in total. The highest BCUT2D eigenvalue weighted by atomic mass is 32.2. The van der Waals surface area contributed by atoms with E-state index in [1.807, 2.05) is 24.5 Å². The van der Waals surface area contributed by atoms with Crippen LogP contribution < -0.4 is 0 Å². The fourth-order valence-electron chi connectivity index (χ4n) is 2.77. The normalized spacial score (nSPS) is 12.7. The SMILES string of the molecule is CSc1ccc2c(c1)C(CC#N)=C(CC#N)c1ccccc1S2. The predicted octanol–water partition coefficient (Wildman–Crippen LogP) is 5.61. The monoisotopic (exact) mass is 334 g/mol. The molecule has 1 aliphatic rings. The van der Waals surface area contributed by atoms with E-state index in [0.29, 0.717) is 12.8 Å². The number of allylic oxidation sites excluding steroid dienone is 2. The van der Waals surface area contributed by atoms with Crippen LogP contribution in [0, 0.1) is 22.7 Å². The van der Waals surface area contributed by atoms with Gasteiger partial charge in [-0.3, -0.25) is 0 Å².